The van der Waals surface area contributed by atoms with E-state index in [0.29, 0.717) is 23.5 Å². The number of hydrogen-bond acceptors (Lipinski definition) is 5. The summed E-state index contributed by atoms with van der Waals surface area (Å²) in [6.45, 7) is 2.58. The zero-order valence-electron chi connectivity index (χ0n) is 15.8. The van der Waals surface area contributed by atoms with Crippen LogP contribution in [0.4, 0.5) is 0 Å². The molecule has 2 rings (SSSR count). The molecule has 3 N–H and O–H groups in total. The maximum Gasteiger partial charge on any atom is 0.269 e. The van der Waals surface area contributed by atoms with E-state index in [1.54, 1.807) is 41.1 Å². The molecule has 0 fully saturated rings. The minimum atomic E-state index is -0.524. The Morgan fingerprint density at radius 3 is 2.39 bits per heavy atom. The van der Waals surface area contributed by atoms with E-state index in [1.165, 1.54) is 24.2 Å². The van der Waals surface area contributed by atoms with Crippen LogP contribution in [0.15, 0.2) is 41.1 Å². The predicted octanol–water partition coefficient (Wildman–Crippen LogP) is 2.90. The number of amides is 3. The van der Waals surface area contributed by atoms with Crippen LogP contribution in [-0.4, -0.2) is 30.9 Å². The van der Waals surface area contributed by atoms with E-state index in [0.717, 1.165) is 12.8 Å². The van der Waals surface area contributed by atoms with Crippen LogP contribution in [0, 0.1) is 0 Å². The Bertz CT molecular complexity index is 760. The first-order valence-electron chi connectivity index (χ1n) is 9.22. The van der Waals surface area contributed by atoms with Crippen molar-refractivity contribution in [3.8, 4) is 5.75 Å². The van der Waals surface area contributed by atoms with Crippen LogP contribution in [0.2, 0.25) is 0 Å². The summed E-state index contributed by atoms with van der Waals surface area (Å²) in [7, 11) is 0. The Morgan fingerprint density at radius 2 is 1.71 bits per heavy atom. The molecule has 150 valence electrons. The van der Waals surface area contributed by atoms with E-state index in [9.17, 15) is 14.4 Å². The molecule has 7 nitrogen and oxygen atoms in total. The molecule has 8 heteroatoms. The molecule has 0 saturated carbocycles. The van der Waals surface area contributed by atoms with Crippen LogP contribution < -0.4 is 20.9 Å². The highest BCUT2D eigenvalue weighted by atomic mass is 32.1. The Morgan fingerprint density at radius 1 is 0.929 bits per heavy atom. The molecule has 0 bridgehead atoms. The first-order chi connectivity index (χ1) is 13.6. The average molecular weight is 404 g/mol. The van der Waals surface area contributed by atoms with Crippen molar-refractivity contribution in [2.75, 3.05) is 13.2 Å². The zero-order valence-corrected chi connectivity index (χ0v) is 16.6. The third-order valence-corrected chi connectivity index (χ3v) is 4.57. The molecule has 28 heavy (non-hydrogen) atoms. The summed E-state index contributed by atoms with van der Waals surface area (Å²) in [6.07, 6.45) is 4.53. The first kappa shape index (κ1) is 21.4. The summed E-state index contributed by atoms with van der Waals surface area (Å²) >= 11 is 1.39. The number of unbranched alkanes of at least 4 members (excludes halogenated alkanes) is 3. The fourth-order valence-corrected chi connectivity index (χ4v) is 2.96. The fraction of sp³-hybridized carbons (Fsp3) is 0.350. The molecule has 0 spiro atoms. The molecule has 1 aromatic carbocycles. The molecule has 3 amide bonds. The third kappa shape index (κ3) is 7.40. The molecule has 0 radical (unpaired) electrons. The summed E-state index contributed by atoms with van der Waals surface area (Å²) in [4.78, 5) is 35.6. The molecule has 0 aliphatic heterocycles. The zero-order chi connectivity index (χ0) is 20.2. The van der Waals surface area contributed by atoms with Gasteiger partial charge in [-0.15, -0.1) is 0 Å². The highest BCUT2D eigenvalue weighted by Gasteiger charge is 2.10. The second kappa shape index (κ2) is 11.8. The van der Waals surface area contributed by atoms with Gasteiger partial charge in [-0.05, 0) is 42.1 Å². The number of hydrazine groups is 1. The molecule has 0 saturated heterocycles. The minimum Gasteiger partial charge on any atom is -0.494 e. The number of carbonyl (C=O) groups excluding carboxylic acids is 3. The van der Waals surface area contributed by atoms with Gasteiger partial charge in [0.05, 0.1) is 13.2 Å². The van der Waals surface area contributed by atoms with E-state index < -0.39 is 11.8 Å². The van der Waals surface area contributed by atoms with Crippen LogP contribution in [0.1, 0.15) is 53.3 Å². The van der Waals surface area contributed by atoms with Crippen molar-refractivity contribution in [1.82, 2.24) is 16.2 Å². The van der Waals surface area contributed by atoms with E-state index in [-0.39, 0.29) is 12.5 Å². The van der Waals surface area contributed by atoms with Crippen molar-refractivity contribution in [1.29, 1.82) is 0 Å². The Hall–Kier alpha value is -2.87. The normalized spacial score (nSPS) is 10.2. The summed E-state index contributed by atoms with van der Waals surface area (Å²) in [5.41, 5.74) is 5.47. The van der Waals surface area contributed by atoms with E-state index in [2.05, 4.69) is 23.1 Å². The molecule has 1 aromatic heterocycles. The van der Waals surface area contributed by atoms with E-state index >= 15 is 0 Å². The molecular formula is C20H25N3O4S. The molecule has 0 unspecified atom stereocenters. The third-order valence-electron chi connectivity index (χ3n) is 3.89. The van der Waals surface area contributed by atoms with Gasteiger partial charge in [0.15, 0.2) is 0 Å². The van der Waals surface area contributed by atoms with Crippen LogP contribution in [0.25, 0.3) is 0 Å². The SMILES string of the molecule is CCCCCCOc1ccc(C(=O)NNC(=O)CNC(=O)c2ccsc2)cc1. The molecule has 1 heterocycles. The summed E-state index contributed by atoms with van der Waals surface area (Å²) < 4.78 is 5.63. The molecule has 2 aromatic rings. The van der Waals surface area contributed by atoms with Gasteiger partial charge in [-0.1, -0.05) is 26.2 Å². The summed E-state index contributed by atoms with van der Waals surface area (Å²) in [5, 5.41) is 5.94. The second-order valence-electron chi connectivity index (χ2n) is 6.13. The van der Waals surface area contributed by atoms with Crippen LogP contribution in [-0.2, 0) is 4.79 Å². The van der Waals surface area contributed by atoms with Gasteiger partial charge in [-0.3, -0.25) is 25.2 Å². The van der Waals surface area contributed by atoms with Crippen molar-refractivity contribution in [2.45, 2.75) is 32.6 Å². The largest absolute Gasteiger partial charge is 0.494 e. The smallest absolute Gasteiger partial charge is 0.269 e. The van der Waals surface area contributed by atoms with Gasteiger partial charge in [-0.2, -0.15) is 11.3 Å². The van der Waals surface area contributed by atoms with Gasteiger partial charge in [0.25, 0.3) is 17.7 Å². The van der Waals surface area contributed by atoms with Crippen LogP contribution >= 0.6 is 11.3 Å². The summed E-state index contributed by atoms with van der Waals surface area (Å²) in [6, 6.07) is 8.36. The number of hydrogen-bond donors (Lipinski definition) is 3. The molecule has 0 aliphatic rings. The van der Waals surface area contributed by atoms with E-state index in [1.807, 2.05) is 0 Å². The topological polar surface area (TPSA) is 96.5 Å². The number of benzene rings is 1. The Kier molecular flexibility index (Phi) is 9.00. The van der Waals surface area contributed by atoms with Crippen molar-refractivity contribution >= 4 is 29.1 Å². The Balaban J connectivity index is 1.67. The first-order valence-corrected chi connectivity index (χ1v) is 10.2. The van der Waals surface area contributed by atoms with Crippen molar-refractivity contribution in [2.24, 2.45) is 0 Å². The highest BCUT2D eigenvalue weighted by molar-refractivity contribution is 7.08. The fourth-order valence-electron chi connectivity index (χ4n) is 2.32. The lowest BCUT2D eigenvalue weighted by atomic mass is 10.2. The number of ether oxygens (including phenoxy) is 1. The number of rotatable bonds is 10. The van der Waals surface area contributed by atoms with Gasteiger partial charge in [-0.25, -0.2) is 0 Å². The molecule has 0 aliphatic carbocycles. The quantitative estimate of drug-likeness (QED) is 0.420. The van der Waals surface area contributed by atoms with Crippen LogP contribution in [0.5, 0.6) is 5.75 Å². The van der Waals surface area contributed by atoms with Gasteiger partial charge in [0, 0.05) is 16.5 Å². The predicted molar refractivity (Wildman–Crippen MR) is 108 cm³/mol. The lowest BCUT2D eigenvalue weighted by Crippen LogP contribution is -2.46. The molecule has 0 atom stereocenters. The summed E-state index contributed by atoms with van der Waals surface area (Å²) in [5.74, 6) is -0.614. The second-order valence-corrected chi connectivity index (χ2v) is 6.91. The highest BCUT2D eigenvalue weighted by Crippen LogP contribution is 2.13. The molecular weight excluding hydrogens is 378 g/mol. The minimum absolute atomic E-state index is 0.236. The monoisotopic (exact) mass is 403 g/mol. The lowest BCUT2D eigenvalue weighted by molar-refractivity contribution is -0.120. The van der Waals surface area contributed by atoms with Crippen molar-refractivity contribution in [3.05, 3.63) is 52.2 Å². The van der Waals surface area contributed by atoms with Gasteiger partial charge in [0.2, 0.25) is 0 Å². The number of thiophene rings is 1. The maximum atomic E-state index is 12.1. The Labute approximate surface area is 168 Å². The van der Waals surface area contributed by atoms with E-state index in [4.69, 9.17) is 4.74 Å². The average Bonchev–Trinajstić information content (AvgIpc) is 3.25. The van der Waals surface area contributed by atoms with Crippen molar-refractivity contribution < 1.29 is 19.1 Å². The maximum absolute atomic E-state index is 12.1. The van der Waals surface area contributed by atoms with Gasteiger partial charge < -0.3 is 10.1 Å². The lowest BCUT2D eigenvalue weighted by Gasteiger charge is -2.09. The number of carbonyl (C=O) groups is 3. The van der Waals surface area contributed by atoms with Crippen LogP contribution in [0.3, 0.4) is 0 Å². The number of nitrogens with one attached hydrogen (secondary N) is 3. The van der Waals surface area contributed by atoms with Gasteiger partial charge >= 0.3 is 0 Å². The standard InChI is InChI=1S/C20H25N3O4S/c1-2-3-4-5-11-27-17-8-6-15(7-9-17)20(26)23-22-18(24)13-21-19(25)16-10-12-28-14-16/h6-10,12,14H,2-5,11,13H2,1H3,(H,21,25)(H,22,24)(H,23,26). The van der Waals surface area contributed by atoms with Gasteiger partial charge in [0.1, 0.15) is 5.75 Å². The van der Waals surface area contributed by atoms with Crippen molar-refractivity contribution in [3.63, 3.8) is 0 Å².